The Morgan fingerprint density at radius 1 is 1.20 bits per heavy atom. The zero-order valence-electron chi connectivity index (χ0n) is 13.1. The van der Waals surface area contributed by atoms with Gasteiger partial charge in [0.2, 0.25) is 17.8 Å². The summed E-state index contributed by atoms with van der Waals surface area (Å²) >= 11 is 0. The minimum absolute atomic E-state index is 0.578. The maximum atomic E-state index is 4.64. The smallest absolute Gasteiger partial charge is 0.231 e. The van der Waals surface area contributed by atoms with Crippen molar-refractivity contribution >= 4 is 17.8 Å². The Morgan fingerprint density at radius 2 is 1.90 bits per heavy atom. The van der Waals surface area contributed by atoms with E-state index >= 15 is 0 Å². The van der Waals surface area contributed by atoms with E-state index in [0.717, 1.165) is 38.1 Å². The first-order valence-electron chi connectivity index (χ1n) is 7.56. The van der Waals surface area contributed by atoms with E-state index < -0.39 is 0 Å². The fourth-order valence-electron chi connectivity index (χ4n) is 2.45. The van der Waals surface area contributed by atoms with E-state index in [1.165, 1.54) is 12.8 Å². The first-order valence-corrected chi connectivity index (χ1v) is 7.56. The average Bonchev–Trinajstić information content (AvgIpc) is 2.92. The number of nitrogens with zero attached hydrogens (tertiary/aromatic N) is 5. The van der Waals surface area contributed by atoms with Gasteiger partial charge in [0.05, 0.1) is 0 Å². The van der Waals surface area contributed by atoms with Gasteiger partial charge in [-0.3, -0.25) is 0 Å². The molecule has 20 heavy (non-hydrogen) atoms. The molecule has 1 fully saturated rings. The van der Waals surface area contributed by atoms with Crippen LogP contribution in [0, 0.1) is 5.92 Å². The Kier molecular flexibility index (Phi) is 4.98. The van der Waals surface area contributed by atoms with Crippen LogP contribution in [0.4, 0.5) is 17.8 Å². The Bertz CT molecular complexity index is 428. The molecule has 0 bridgehead atoms. The Hall–Kier alpha value is -1.59. The van der Waals surface area contributed by atoms with Crippen LogP contribution in [0.5, 0.6) is 0 Å². The van der Waals surface area contributed by atoms with Gasteiger partial charge >= 0.3 is 0 Å². The van der Waals surface area contributed by atoms with E-state index in [1.54, 1.807) is 0 Å². The summed E-state index contributed by atoms with van der Waals surface area (Å²) in [7, 11) is 2.04. The molecule has 0 amide bonds. The van der Waals surface area contributed by atoms with Crippen molar-refractivity contribution in [2.75, 3.05) is 48.3 Å². The van der Waals surface area contributed by atoms with E-state index in [1.807, 2.05) is 7.05 Å². The van der Waals surface area contributed by atoms with Crippen LogP contribution < -0.4 is 15.1 Å². The molecule has 1 aromatic heterocycles. The van der Waals surface area contributed by atoms with E-state index in [4.69, 9.17) is 0 Å². The summed E-state index contributed by atoms with van der Waals surface area (Å²) in [6, 6.07) is 0. The number of aromatic nitrogens is 3. The number of hydrogen-bond acceptors (Lipinski definition) is 6. The van der Waals surface area contributed by atoms with Crippen LogP contribution in [0.2, 0.25) is 0 Å². The van der Waals surface area contributed by atoms with E-state index in [2.05, 4.69) is 50.8 Å². The molecular weight excluding hydrogens is 252 g/mol. The zero-order valence-corrected chi connectivity index (χ0v) is 13.1. The van der Waals surface area contributed by atoms with Crippen molar-refractivity contribution in [1.82, 2.24) is 15.0 Å². The molecule has 2 heterocycles. The molecule has 1 saturated heterocycles. The summed E-state index contributed by atoms with van der Waals surface area (Å²) in [5.41, 5.74) is 0. The second-order valence-corrected chi connectivity index (χ2v) is 5.76. The molecule has 1 aliphatic heterocycles. The minimum atomic E-state index is 0.578. The van der Waals surface area contributed by atoms with E-state index in [9.17, 15) is 0 Å². The van der Waals surface area contributed by atoms with Crippen LogP contribution in [-0.4, -0.2) is 48.2 Å². The summed E-state index contributed by atoms with van der Waals surface area (Å²) < 4.78 is 0. The lowest BCUT2D eigenvalue weighted by Crippen LogP contribution is -2.27. The monoisotopic (exact) mass is 278 g/mol. The summed E-state index contributed by atoms with van der Waals surface area (Å²) in [6.45, 7) is 10.3. The van der Waals surface area contributed by atoms with Crippen LogP contribution in [0.25, 0.3) is 0 Å². The lowest BCUT2D eigenvalue weighted by molar-refractivity contribution is 0.628. The lowest BCUT2D eigenvalue weighted by Gasteiger charge is -2.22. The van der Waals surface area contributed by atoms with Crippen LogP contribution >= 0.6 is 0 Å². The fraction of sp³-hybridized carbons (Fsp3) is 0.786. The van der Waals surface area contributed by atoms with Gasteiger partial charge in [-0.2, -0.15) is 15.0 Å². The van der Waals surface area contributed by atoms with Gasteiger partial charge in [-0.15, -0.1) is 0 Å². The van der Waals surface area contributed by atoms with Crippen molar-refractivity contribution in [3.63, 3.8) is 0 Å². The summed E-state index contributed by atoms with van der Waals surface area (Å²) in [4.78, 5) is 18.0. The predicted octanol–water partition coefficient (Wildman–Crippen LogP) is 2.00. The third kappa shape index (κ3) is 3.71. The van der Waals surface area contributed by atoms with Crippen LogP contribution in [0.3, 0.4) is 0 Å². The van der Waals surface area contributed by atoms with Gasteiger partial charge < -0.3 is 15.1 Å². The molecular formula is C14H26N6. The van der Waals surface area contributed by atoms with Crippen molar-refractivity contribution in [3.8, 4) is 0 Å². The zero-order chi connectivity index (χ0) is 14.5. The van der Waals surface area contributed by atoms with Gasteiger partial charge in [-0.1, -0.05) is 13.8 Å². The topological polar surface area (TPSA) is 57.2 Å². The van der Waals surface area contributed by atoms with Crippen LogP contribution in [-0.2, 0) is 0 Å². The molecule has 0 unspecified atom stereocenters. The molecule has 0 spiro atoms. The molecule has 0 atom stereocenters. The van der Waals surface area contributed by atoms with Gasteiger partial charge in [-0.25, -0.2) is 0 Å². The maximum absolute atomic E-state index is 4.64. The molecule has 0 aromatic carbocycles. The standard InChI is InChI=1S/C14H26N6/c1-5-15-12-16-13(19(4)10-11(2)3)18-14(17-12)20-8-6-7-9-20/h11H,5-10H2,1-4H3,(H,15,16,17,18). The molecule has 2 rings (SSSR count). The Labute approximate surface area is 121 Å². The molecule has 1 aromatic rings. The largest absolute Gasteiger partial charge is 0.354 e. The highest BCUT2D eigenvalue weighted by Crippen LogP contribution is 2.20. The van der Waals surface area contributed by atoms with Crippen molar-refractivity contribution < 1.29 is 0 Å². The maximum Gasteiger partial charge on any atom is 0.231 e. The molecule has 112 valence electrons. The summed E-state index contributed by atoms with van der Waals surface area (Å²) in [6.07, 6.45) is 2.44. The van der Waals surface area contributed by atoms with Crippen LogP contribution in [0.1, 0.15) is 33.6 Å². The van der Waals surface area contributed by atoms with Gasteiger partial charge in [-0.05, 0) is 25.7 Å². The fourth-order valence-corrected chi connectivity index (χ4v) is 2.45. The highest BCUT2D eigenvalue weighted by atomic mass is 15.4. The predicted molar refractivity (Wildman–Crippen MR) is 83.5 cm³/mol. The van der Waals surface area contributed by atoms with Crippen molar-refractivity contribution in [3.05, 3.63) is 0 Å². The number of rotatable bonds is 6. The summed E-state index contributed by atoms with van der Waals surface area (Å²) in [5, 5.41) is 3.20. The molecule has 1 N–H and O–H groups in total. The van der Waals surface area contributed by atoms with Gasteiger partial charge in [0, 0.05) is 33.2 Å². The Balaban J connectivity index is 2.25. The Morgan fingerprint density at radius 3 is 2.50 bits per heavy atom. The first kappa shape index (κ1) is 14.8. The van der Waals surface area contributed by atoms with Crippen LogP contribution in [0.15, 0.2) is 0 Å². The quantitative estimate of drug-likeness (QED) is 0.859. The average molecular weight is 278 g/mol. The summed E-state index contributed by atoms with van der Waals surface area (Å²) in [5.74, 6) is 2.81. The van der Waals surface area contributed by atoms with Crippen molar-refractivity contribution in [1.29, 1.82) is 0 Å². The molecule has 0 aliphatic carbocycles. The normalized spacial score (nSPS) is 14.9. The van der Waals surface area contributed by atoms with E-state index in [0.29, 0.717) is 11.9 Å². The highest BCUT2D eigenvalue weighted by Gasteiger charge is 2.18. The van der Waals surface area contributed by atoms with Crippen molar-refractivity contribution in [2.45, 2.75) is 33.6 Å². The van der Waals surface area contributed by atoms with Gasteiger partial charge in [0.1, 0.15) is 0 Å². The lowest BCUT2D eigenvalue weighted by atomic mass is 10.2. The number of anilines is 3. The third-order valence-electron chi connectivity index (χ3n) is 3.32. The molecule has 6 nitrogen and oxygen atoms in total. The second kappa shape index (κ2) is 6.72. The highest BCUT2D eigenvalue weighted by molar-refractivity contribution is 5.45. The SMILES string of the molecule is CCNc1nc(N(C)CC(C)C)nc(N2CCCC2)n1. The molecule has 0 radical (unpaired) electrons. The van der Waals surface area contributed by atoms with Gasteiger partial charge in [0.15, 0.2) is 0 Å². The van der Waals surface area contributed by atoms with E-state index in [-0.39, 0.29) is 0 Å². The number of hydrogen-bond donors (Lipinski definition) is 1. The molecule has 0 saturated carbocycles. The van der Waals surface area contributed by atoms with Crippen molar-refractivity contribution in [2.24, 2.45) is 5.92 Å². The molecule has 1 aliphatic rings. The minimum Gasteiger partial charge on any atom is -0.354 e. The third-order valence-corrected chi connectivity index (χ3v) is 3.32. The second-order valence-electron chi connectivity index (χ2n) is 5.76. The van der Waals surface area contributed by atoms with Gasteiger partial charge in [0.25, 0.3) is 0 Å². The number of nitrogens with one attached hydrogen (secondary N) is 1. The molecule has 6 heteroatoms. The first-order chi connectivity index (χ1) is 9.60.